The molecule has 0 spiro atoms. The van der Waals surface area contributed by atoms with Crippen LogP contribution in [0.5, 0.6) is 0 Å². The van der Waals surface area contributed by atoms with Gasteiger partial charge in [0.05, 0.1) is 5.02 Å². The van der Waals surface area contributed by atoms with E-state index in [1.54, 1.807) is 12.1 Å². The van der Waals surface area contributed by atoms with Crippen molar-refractivity contribution >= 4 is 11.6 Å². The minimum absolute atomic E-state index is 0.207. The Morgan fingerprint density at radius 2 is 1.90 bits per heavy atom. The average molecular weight is 312 g/mol. The normalized spacial score (nSPS) is 27.6. The van der Waals surface area contributed by atoms with Gasteiger partial charge >= 0.3 is 0 Å². The molecule has 1 fully saturated rings. The Bertz CT molecular complexity index is 453. The molecule has 0 amide bonds. The Labute approximate surface area is 133 Å². The van der Waals surface area contributed by atoms with Gasteiger partial charge in [0, 0.05) is 6.04 Å². The van der Waals surface area contributed by atoms with Gasteiger partial charge in [-0.25, -0.2) is 4.39 Å². The van der Waals surface area contributed by atoms with E-state index in [0.29, 0.717) is 5.92 Å². The van der Waals surface area contributed by atoms with E-state index in [9.17, 15) is 4.39 Å². The number of hydrogen-bond donors (Lipinski definition) is 1. The monoisotopic (exact) mass is 311 g/mol. The van der Waals surface area contributed by atoms with Gasteiger partial charge < -0.3 is 5.32 Å². The number of benzene rings is 1. The van der Waals surface area contributed by atoms with Crippen molar-refractivity contribution in [3.63, 3.8) is 0 Å². The summed E-state index contributed by atoms with van der Waals surface area (Å²) < 4.78 is 13.8. The van der Waals surface area contributed by atoms with E-state index in [-0.39, 0.29) is 16.9 Å². The summed E-state index contributed by atoms with van der Waals surface area (Å²) in [5.41, 5.74) is 1.04. The molecule has 1 aliphatic rings. The third-order valence-corrected chi connectivity index (χ3v) is 4.91. The first kappa shape index (κ1) is 16.8. The summed E-state index contributed by atoms with van der Waals surface area (Å²) in [6.45, 7) is 7.80. The maximum atomic E-state index is 13.8. The molecular weight excluding hydrogens is 285 g/mol. The van der Waals surface area contributed by atoms with E-state index in [4.69, 9.17) is 11.6 Å². The molecule has 3 atom stereocenters. The quantitative estimate of drug-likeness (QED) is 0.747. The SMILES string of the molecule is CCCNC(c1ccc(Cl)c(F)c1)C1CC(C)CC(C)C1. The van der Waals surface area contributed by atoms with Gasteiger partial charge in [0.2, 0.25) is 0 Å². The van der Waals surface area contributed by atoms with Gasteiger partial charge in [-0.2, -0.15) is 0 Å². The Hall–Kier alpha value is -0.600. The first-order chi connectivity index (χ1) is 10.0. The zero-order valence-electron chi connectivity index (χ0n) is 13.3. The minimum atomic E-state index is -0.311. The molecule has 0 radical (unpaired) electrons. The third kappa shape index (κ3) is 4.43. The lowest BCUT2D eigenvalue weighted by atomic mass is 9.72. The highest BCUT2D eigenvalue weighted by molar-refractivity contribution is 6.30. The van der Waals surface area contributed by atoms with Gasteiger partial charge in [-0.05, 0) is 67.7 Å². The minimum Gasteiger partial charge on any atom is -0.310 e. The molecule has 0 saturated heterocycles. The predicted molar refractivity (Wildman–Crippen MR) is 88.1 cm³/mol. The fourth-order valence-electron chi connectivity index (χ4n) is 3.84. The van der Waals surface area contributed by atoms with Gasteiger partial charge in [-0.1, -0.05) is 38.4 Å². The van der Waals surface area contributed by atoms with Crippen molar-refractivity contribution in [1.29, 1.82) is 0 Å². The average Bonchev–Trinajstić information content (AvgIpc) is 2.42. The first-order valence-corrected chi connectivity index (χ1v) is 8.57. The molecule has 3 unspecified atom stereocenters. The maximum Gasteiger partial charge on any atom is 0.142 e. The number of nitrogens with one attached hydrogen (secondary N) is 1. The summed E-state index contributed by atoms with van der Waals surface area (Å²) in [7, 11) is 0. The highest BCUT2D eigenvalue weighted by atomic mass is 35.5. The predicted octanol–water partition coefficient (Wildman–Crippen LogP) is 5.59. The number of hydrogen-bond acceptors (Lipinski definition) is 1. The topological polar surface area (TPSA) is 12.0 Å². The molecule has 0 bridgehead atoms. The van der Waals surface area contributed by atoms with Crippen LogP contribution in [0.3, 0.4) is 0 Å². The van der Waals surface area contributed by atoms with Crippen molar-refractivity contribution in [3.8, 4) is 0 Å². The zero-order chi connectivity index (χ0) is 15.4. The zero-order valence-corrected chi connectivity index (χ0v) is 14.1. The summed E-state index contributed by atoms with van der Waals surface area (Å²) in [6.07, 6.45) is 4.84. The second-order valence-corrected chi connectivity index (χ2v) is 7.19. The first-order valence-electron chi connectivity index (χ1n) is 8.19. The van der Waals surface area contributed by atoms with Crippen LogP contribution in [0.1, 0.15) is 58.1 Å². The second-order valence-electron chi connectivity index (χ2n) is 6.78. The van der Waals surface area contributed by atoms with Crippen LogP contribution in [0.15, 0.2) is 18.2 Å². The van der Waals surface area contributed by atoms with E-state index >= 15 is 0 Å². The van der Waals surface area contributed by atoms with Crippen LogP contribution in [0, 0.1) is 23.6 Å². The molecule has 118 valence electrons. The summed E-state index contributed by atoms with van der Waals surface area (Å²) in [4.78, 5) is 0. The smallest absolute Gasteiger partial charge is 0.142 e. The lowest BCUT2D eigenvalue weighted by molar-refractivity contribution is 0.176. The van der Waals surface area contributed by atoms with Gasteiger partial charge in [0.25, 0.3) is 0 Å². The van der Waals surface area contributed by atoms with Crippen LogP contribution >= 0.6 is 11.6 Å². The van der Waals surface area contributed by atoms with Crippen molar-refractivity contribution in [2.45, 2.75) is 52.5 Å². The molecule has 1 saturated carbocycles. The van der Waals surface area contributed by atoms with Crippen LogP contribution < -0.4 is 5.32 Å². The van der Waals surface area contributed by atoms with E-state index in [2.05, 4.69) is 26.1 Å². The lowest BCUT2D eigenvalue weighted by Crippen LogP contribution is -2.33. The molecule has 0 heterocycles. The molecule has 0 aromatic heterocycles. The molecule has 0 aliphatic heterocycles. The van der Waals surface area contributed by atoms with Gasteiger partial charge in [0.1, 0.15) is 5.82 Å². The van der Waals surface area contributed by atoms with E-state index in [1.165, 1.54) is 19.3 Å². The lowest BCUT2D eigenvalue weighted by Gasteiger charge is -2.37. The summed E-state index contributed by atoms with van der Waals surface area (Å²) >= 11 is 5.83. The van der Waals surface area contributed by atoms with Gasteiger partial charge in [-0.15, -0.1) is 0 Å². The van der Waals surface area contributed by atoms with Crippen LogP contribution in [0.25, 0.3) is 0 Å². The summed E-state index contributed by atoms with van der Waals surface area (Å²) in [5, 5.41) is 3.84. The molecule has 21 heavy (non-hydrogen) atoms. The van der Waals surface area contributed by atoms with Crippen molar-refractivity contribution in [1.82, 2.24) is 5.32 Å². The second kappa shape index (κ2) is 7.60. The molecule has 1 aliphatic carbocycles. The molecule has 3 heteroatoms. The third-order valence-electron chi connectivity index (χ3n) is 4.60. The standard InChI is InChI=1S/C18H27ClFN/c1-4-7-21-18(14-5-6-16(19)17(20)11-14)15-9-12(2)8-13(3)10-15/h5-6,11-13,15,18,21H,4,7-10H2,1-3H3. The molecular formula is C18H27ClFN. The Balaban J connectivity index is 2.22. The van der Waals surface area contributed by atoms with Crippen LogP contribution in [-0.2, 0) is 0 Å². The van der Waals surface area contributed by atoms with Crippen molar-refractivity contribution in [2.75, 3.05) is 6.54 Å². The molecule has 1 nitrogen and oxygen atoms in total. The van der Waals surface area contributed by atoms with Gasteiger partial charge in [0.15, 0.2) is 0 Å². The molecule has 2 rings (SSSR count). The van der Waals surface area contributed by atoms with E-state index in [0.717, 1.165) is 30.4 Å². The fourth-order valence-corrected chi connectivity index (χ4v) is 3.96. The molecule has 1 aromatic carbocycles. The summed E-state index contributed by atoms with van der Waals surface area (Å²) in [6, 6.07) is 5.51. The molecule has 1 aromatic rings. The largest absolute Gasteiger partial charge is 0.310 e. The van der Waals surface area contributed by atoms with Crippen molar-refractivity contribution < 1.29 is 4.39 Å². The van der Waals surface area contributed by atoms with Gasteiger partial charge in [-0.3, -0.25) is 0 Å². The fraction of sp³-hybridized carbons (Fsp3) is 0.667. The molecule has 1 N–H and O–H groups in total. The van der Waals surface area contributed by atoms with E-state index in [1.807, 2.05) is 6.07 Å². The maximum absolute atomic E-state index is 13.8. The highest BCUT2D eigenvalue weighted by Crippen LogP contribution is 2.40. The highest BCUT2D eigenvalue weighted by Gasteiger charge is 2.30. The Morgan fingerprint density at radius 1 is 1.24 bits per heavy atom. The Kier molecular flexibility index (Phi) is 6.07. The van der Waals surface area contributed by atoms with Crippen molar-refractivity contribution in [3.05, 3.63) is 34.6 Å². The Morgan fingerprint density at radius 3 is 2.48 bits per heavy atom. The van der Waals surface area contributed by atoms with Crippen LogP contribution in [0.4, 0.5) is 4.39 Å². The van der Waals surface area contributed by atoms with Crippen molar-refractivity contribution in [2.24, 2.45) is 17.8 Å². The summed E-state index contributed by atoms with van der Waals surface area (Å²) in [5.74, 6) is 1.77. The van der Waals surface area contributed by atoms with Crippen LogP contribution in [0.2, 0.25) is 5.02 Å². The number of rotatable bonds is 5. The van der Waals surface area contributed by atoms with E-state index < -0.39 is 0 Å². The van der Waals surface area contributed by atoms with Crippen LogP contribution in [-0.4, -0.2) is 6.54 Å². The number of halogens is 2.